The summed E-state index contributed by atoms with van der Waals surface area (Å²) in [4.78, 5) is 37.9. The molecule has 0 aromatic heterocycles. The van der Waals surface area contributed by atoms with Crippen LogP contribution < -0.4 is 5.32 Å². The summed E-state index contributed by atoms with van der Waals surface area (Å²) in [5, 5.41) is 11.6. The molecule has 2 aromatic rings. The number of nitrogens with zero attached hydrogens (tertiary/aromatic N) is 1. The molecule has 0 heterocycles. The summed E-state index contributed by atoms with van der Waals surface area (Å²) in [6.45, 7) is 2.87. The van der Waals surface area contributed by atoms with Gasteiger partial charge in [0, 0.05) is 25.4 Å². The van der Waals surface area contributed by atoms with Gasteiger partial charge in [-0.15, -0.1) is 0 Å². The molecule has 168 valence electrons. The van der Waals surface area contributed by atoms with Crippen LogP contribution in [0.2, 0.25) is 0 Å². The molecule has 1 saturated carbocycles. The van der Waals surface area contributed by atoms with E-state index in [9.17, 15) is 14.4 Å². The monoisotopic (exact) mass is 436 g/mol. The highest BCUT2D eigenvalue weighted by molar-refractivity contribution is 5.93. The number of benzene rings is 2. The van der Waals surface area contributed by atoms with Gasteiger partial charge in [-0.2, -0.15) is 0 Å². The predicted octanol–water partition coefficient (Wildman–Crippen LogP) is 3.77. The summed E-state index contributed by atoms with van der Waals surface area (Å²) in [5.74, 6) is -1.09. The molecule has 0 unspecified atom stereocenters. The van der Waals surface area contributed by atoms with Crippen LogP contribution in [0.5, 0.6) is 0 Å². The number of hydrogen-bond donors (Lipinski definition) is 2. The van der Waals surface area contributed by atoms with Gasteiger partial charge in [-0.3, -0.25) is 9.59 Å². The molecule has 0 spiro atoms. The van der Waals surface area contributed by atoms with Crippen LogP contribution in [0.15, 0.2) is 48.5 Å². The molecule has 2 amide bonds. The summed E-state index contributed by atoms with van der Waals surface area (Å²) in [5.41, 5.74) is 3.65. The number of alkyl carbamates (subject to hydrolysis) is 1. The number of amides is 2. The number of carboxylic acid groups (broad SMARTS) is 1. The quantitative estimate of drug-likeness (QED) is 0.624. The molecule has 4 rings (SSSR count). The lowest BCUT2D eigenvalue weighted by atomic mass is 9.98. The zero-order valence-electron chi connectivity index (χ0n) is 18.2. The maximum atomic E-state index is 13.0. The van der Waals surface area contributed by atoms with Crippen molar-refractivity contribution in [2.45, 2.75) is 44.1 Å². The Balaban J connectivity index is 1.37. The summed E-state index contributed by atoms with van der Waals surface area (Å²) in [6.07, 6.45) is 0.919. The number of carbonyl (C=O) groups is 3. The molecule has 2 N–H and O–H groups in total. The lowest BCUT2D eigenvalue weighted by Gasteiger charge is -2.26. The Morgan fingerprint density at radius 2 is 1.66 bits per heavy atom. The van der Waals surface area contributed by atoms with Gasteiger partial charge >= 0.3 is 12.1 Å². The number of carboxylic acids is 1. The summed E-state index contributed by atoms with van der Waals surface area (Å²) < 4.78 is 5.59. The van der Waals surface area contributed by atoms with Crippen molar-refractivity contribution in [2.75, 3.05) is 19.7 Å². The van der Waals surface area contributed by atoms with E-state index in [1.54, 1.807) is 4.90 Å². The standard InChI is InChI=1S/C25H28N2O5/c1-2-27(15-7-12-22(28)29)23(30)25(13-14-25)26-24(31)32-16-21-19-10-5-3-8-17(19)18-9-4-6-11-20(18)21/h3-6,8-11,21H,2,7,12-16H2,1H3,(H,26,31)(H,28,29). The highest BCUT2D eigenvalue weighted by Crippen LogP contribution is 2.44. The van der Waals surface area contributed by atoms with E-state index in [-0.39, 0.29) is 24.9 Å². The SMILES string of the molecule is CCN(CCCC(=O)O)C(=O)C1(NC(=O)OCC2c3ccccc3-c3ccccc32)CC1. The van der Waals surface area contributed by atoms with Crippen molar-refractivity contribution >= 4 is 18.0 Å². The Kier molecular flexibility index (Phi) is 6.17. The van der Waals surface area contributed by atoms with E-state index in [1.807, 2.05) is 31.2 Å². The summed E-state index contributed by atoms with van der Waals surface area (Å²) in [7, 11) is 0. The fourth-order valence-corrected chi connectivity index (χ4v) is 4.47. The van der Waals surface area contributed by atoms with Crippen LogP contribution in [0.1, 0.15) is 49.7 Å². The van der Waals surface area contributed by atoms with Gasteiger partial charge in [0.15, 0.2) is 0 Å². The smallest absolute Gasteiger partial charge is 0.408 e. The summed E-state index contributed by atoms with van der Waals surface area (Å²) >= 11 is 0. The zero-order valence-corrected chi connectivity index (χ0v) is 18.2. The van der Waals surface area contributed by atoms with Crippen LogP contribution in [-0.4, -0.2) is 53.2 Å². The van der Waals surface area contributed by atoms with Crippen LogP contribution in [-0.2, 0) is 14.3 Å². The number of rotatable bonds is 9. The van der Waals surface area contributed by atoms with E-state index >= 15 is 0 Å². The minimum absolute atomic E-state index is 0.0105. The van der Waals surface area contributed by atoms with Gasteiger partial charge in [0.05, 0.1) is 0 Å². The third-order valence-corrected chi connectivity index (χ3v) is 6.33. The van der Waals surface area contributed by atoms with Crippen LogP contribution in [0.25, 0.3) is 11.1 Å². The number of fused-ring (bicyclic) bond motifs is 3. The second-order valence-corrected chi connectivity index (χ2v) is 8.41. The number of ether oxygens (including phenoxy) is 1. The Bertz CT molecular complexity index is 985. The topological polar surface area (TPSA) is 95.9 Å². The first-order chi connectivity index (χ1) is 15.4. The molecule has 0 bridgehead atoms. The minimum Gasteiger partial charge on any atom is -0.481 e. The molecule has 0 radical (unpaired) electrons. The number of hydrogen-bond acceptors (Lipinski definition) is 4. The first kappa shape index (κ1) is 21.9. The van der Waals surface area contributed by atoms with E-state index < -0.39 is 17.6 Å². The van der Waals surface area contributed by atoms with Crippen LogP contribution >= 0.6 is 0 Å². The van der Waals surface area contributed by atoms with Gasteiger partial charge in [0.1, 0.15) is 12.1 Å². The number of carbonyl (C=O) groups excluding carboxylic acids is 2. The van der Waals surface area contributed by atoms with Gasteiger partial charge in [0.2, 0.25) is 5.91 Å². The molecule has 0 atom stereocenters. The maximum absolute atomic E-state index is 13.0. The first-order valence-corrected chi connectivity index (χ1v) is 11.1. The normalized spacial score (nSPS) is 15.4. The van der Waals surface area contributed by atoms with Crippen LogP contribution in [0.4, 0.5) is 4.79 Å². The van der Waals surface area contributed by atoms with E-state index in [0.717, 1.165) is 22.3 Å². The van der Waals surface area contributed by atoms with E-state index in [0.29, 0.717) is 32.4 Å². The van der Waals surface area contributed by atoms with Crippen molar-refractivity contribution in [2.24, 2.45) is 0 Å². The van der Waals surface area contributed by atoms with Crippen molar-refractivity contribution < 1.29 is 24.2 Å². The molecule has 1 fully saturated rings. The highest BCUT2D eigenvalue weighted by atomic mass is 16.5. The molecule has 32 heavy (non-hydrogen) atoms. The highest BCUT2D eigenvalue weighted by Gasteiger charge is 2.53. The van der Waals surface area contributed by atoms with Crippen molar-refractivity contribution in [1.82, 2.24) is 10.2 Å². The van der Waals surface area contributed by atoms with E-state index in [2.05, 4.69) is 29.6 Å². The van der Waals surface area contributed by atoms with Gasteiger partial charge < -0.3 is 20.1 Å². The lowest BCUT2D eigenvalue weighted by molar-refractivity contribution is -0.138. The molecule has 2 aromatic carbocycles. The lowest BCUT2D eigenvalue weighted by Crippen LogP contribution is -2.51. The van der Waals surface area contributed by atoms with E-state index in [4.69, 9.17) is 9.84 Å². The summed E-state index contributed by atoms with van der Waals surface area (Å²) in [6, 6.07) is 16.3. The third-order valence-electron chi connectivity index (χ3n) is 6.33. The minimum atomic E-state index is -0.929. The van der Waals surface area contributed by atoms with Gasteiger partial charge in [-0.05, 0) is 48.4 Å². The number of aliphatic carboxylic acids is 1. The average Bonchev–Trinajstić information content (AvgIpc) is 3.50. The second kappa shape index (κ2) is 9.02. The molecule has 7 heteroatoms. The molecule has 2 aliphatic rings. The maximum Gasteiger partial charge on any atom is 0.408 e. The van der Waals surface area contributed by atoms with Crippen LogP contribution in [0.3, 0.4) is 0 Å². The third kappa shape index (κ3) is 4.33. The molecular weight excluding hydrogens is 408 g/mol. The molecule has 2 aliphatic carbocycles. The van der Waals surface area contributed by atoms with Crippen molar-refractivity contribution in [1.29, 1.82) is 0 Å². The van der Waals surface area contributed by atoms with Crippen molar-refractivity contribution in [3.63, 3.8) is 0 Å². The van der Waals surface area contributed by atoms with Gasteiger partial charge in [0.25, 0.3) is 0 Å². The number of nitrogens with one attached hydrogen (secondary N) is 1. The fourth-order valence-electron chi connectivity index (χ4n) is 4.47. The van der Waals surface area contributed by atoms with Crippen molar-refractivity contribution in [3.8, 4) is 11.1 Å². The Morgan fingerprint density at radius 1 is 1.06 bits per heavy atom. The molecule has 0 saturated heterocycles. The van der Waals surface area contributed by atoms with Crippen LogP contribution in [0, 0.1) is 0 Å². The Hall–Kier alpha value is -3.35. The zero-order chi connectivity index (χ0) is 22.7. The van der Waals surface area contributed by atoms with Crippen molar-refractivity contribution in [3.05, 3.63) is 59.7 Å². The predicted molar refractivity (Wildman–Crippen MR) is 119 cm³/mol. The molecular formula is C25H28N2O5. The van der Waals surface area contributed by atoms with Gasteiger partial charge in [-0.1, -0.05) is 48.5 Å². The number of likely N-dealkylation sites (N-methyl/N-ethyl adjacent to an activating group) is 1. The average molecular weight is 437 g/mol. The Labute approximate surface area is 187 Å². The van der Waals surface area contributed by atoms with E-state index in [1.165, 1.54) is 0 Å². The largest absolute Gasteiger partial charge is 0.481 e. The first-order valence-electron chi connectivity index (χ1n) is 11.1. The molecule has 0 aliphatic heterocycles. The second-order valence-electron chi connectivity index (χ2n) is 8.41. The molecule has 7 nitrogen and oxygen atoms in total. The fraction of sp³-hybridized carbons (Fsp3) is 0.400. The Morgan fingerprint density at radius 3 is 2.19 bits per heavy atom. The van der Waals surface area contributed by atoms with Gasteiger partial charge in [-0.25, -0.2) is 4.79 Å².